The van der Waals surface area contributed by atoms with Crippen molar-refractivity contribution in [2.45, 2.75) is 45.3 Å². The highest BCUT2D eigenvalue weighted by Gasteiger charge is 2.13. The molecule has 2 aromatic rings. The van der Waals surface area contributed by atoms with Gasteiger partial charge >= 0.3 is 0 Å². The second-order valence-corrected chi connectivity index (χ2v) is 8.06. The third-order valence-electron chi connectivity index (χ3n) is 4.82. The number of hydrogen-bond donors (Lipinski definition) is 0. The molecular formula is C21H28N2O2S. The topological polar surface area (TPSA) is 46.3 Å². The van der Waals surface area contributed by atoms with Crippen LogP contribution in [-0.2, 0) is 10.5 Å². The number of rotatable bonds is 9. The van der Waals surface area contributed by atoms with E-state index in [0.29, 0.717) is 23.8 Å². The molecular weight excluding hydrogens is 344 g/mol. The van der Waals surface area contributed by atoms with Crippen LogP contribution in [0, 0.1) is 13.8 Å². The molecule has 0 N–H and O–H groups in total. The lowest BCUT2D eigenvalue weighted by Crippen LogP contribution is -2.21. The zero-order valence-electron chi connectivity index (χ0n) is 15.8. The van der Waals surface area contributed by atoms with Crippen molar-refractivity contribution < 1.29 is 9.21 Å². The molecule has 0 bridgehead atoms. The van der Waals surface area contributed by atoms with Crippen LogP contribution < -0.4 is 0 Å². The van der Waals surface area contributed by atoms with Crippen molar-refractivity contribution >= 4 is 17.5 Å². The molecule has 26 heavy (non-hydrogen) atoms. The monoisotopic (exact) mass is 372 g/mol. The van der Waals surface area contributed by atoms with Gasteiger partial charge in [-0.1, -0.05) is 17.7 Å². The van der Waals surface area contributed by atoms with E-state index in [2.05, 4.69) is 28.9 Å². The fourth-order valence-electron chi connectivity index (χ4n) is 3.22. The van der Waals surface area contributed by atoms with Crippen LogP contribution in [0.25, 0.3) is 11.5 Å². The smallest absolute Gasteiger partial charge is 0.226 e. The predicted molar refractivity (Wildman–Crippen MR) is 107 cm³/mol. The van der Waals surface area contributed by atoms with Crippen LogP contribution in [0.1, 0.15) is 42.7 Å². The van der Waals surface area contributed by atoms with Crippen molar-refractivity contribution in [3.05, 3.63) is 41.3 Å². The van der Waals surface area contributed by atoms with Crippen LogP contribution in [0.15, 0.2) is 28.7 Å². The minimum atomic E-state index is 0.342. The van der Waals surface area contributed by atoms with Gasteiger partial charge in [0, 0.05) is 17.7 Å². The van der Waals surface area contributed by atoms with Gasteiger partial charge in [0.05, 0.1) is 11.4 Å². The van der Waals surface area contributed by atoms with Gasteiger partial charge in [-0.25, -0.2) is 4.98 Å². The number of nitrogens with zero attached hydrogens (tertiary/aromatic N) is 2. The lowest BCUT2D eigenvalue weighted by molar-refractivity contribution is -0.116. The molecule has 3 rings (SSSR count). The Balaban J connectivity index is 1.41. The summed E-state index contributed by atoms with van der Waals surface area (Å²) in [5, 5.41) is 0. The molecule has 1 saturated heterocycles. The number of benzene rings is 1. The van der Waals surface area contributed by atoms with E-state index in [1.807, 2.05) is 19.1 Å². The number of ketones is 1. The molecule has 0 radical (unpaired) electrons. The molecule has 5 heteroatoms. The summed E-state index contributed by atoms with van der Waals surface area (Å²) >= 11 is 1.64. The summed E-state index contributed by atoms with van der Waals surface area (Å²) in [7, 11) is 0. The second-order valence-electron chi connectivity index (χ2n) is 7.07. The number of aryl methyl sites for hydroxylation is 2. The summed E-state index contributed by atoms with van der Waals surface area (Å²) in [4.78, 5) is 19.1. The Hall–Kier alpha value is -1.59. The van der Waals surface area contributed by atoms with E-state index in [9.17, 15) is 4.79 Å². The van der Waals surface area contributed by atoms with Gasteiger partial charge in [0.15, 0.2) is 0 Å². The van der Waals surface area contributed by atoms with Crippen LogP contribution in [-0.4, -0.2) is 41.1 Å². The summed E-state index contributed by atoms with van der Waals surface area (Å²) in [5.74, 6) is 3.13. The molecule has 140 valence electrons. The fourth-order valence-corrected chi connectivity index (χ4v) is 4.16. The lowest BCUT2D eigenvalue weighted by Gasteiger charge is -2.13. The standard InChI is InChI=1S/C21H28N2O2S/c1-16-7-9-18(10-8-16)21-22-20(17(2)25-21)15-26-14-19(24)6-5-13-23-11-3-4-12-23/h7-10H,3-6,11-15H2,1-2H3. The maximum Gasteiger partial charge on any atom is 0.226 e. The Morgan fingerprint density at radius 1 is 1.19 bits per heavy atom. The number of carbonyl (C=O) groups excluding carboxylic acids is 1. The van der Waals surface area contributed by atoms with E-state index >= 15 is 0 Å². The van der Waals surface area contributed by atoms with E-state index < -0.39 is 0 Å². The molecule has 1 aliphatic rings. The summed E-state index contributed by atoms with van der Waals surface area (Å²) in [6, 6.07) is 8.18. The Morgan fingerprint density at radius 3 is 2.65 bits per heavy atom. The van der Waals surface area contributed by atoms with Crippen LogP contribution in [0.3, 0.4) is 0 Å². The molecule has 0 spiro atoms. The number of oxazole rings is 1. The predicted octanol–water partition coefficient (Wildman–Crippen LogP) is 4.64. The first kappa shape index (κ1) is 19.2. The number of hydrogen-bond acceptors (Lipinski definition) is 5. The summed E-state index contributed by atoms with van der Waals surface area (Å²) < 4.78 is 5.81. The Bertz CT molecular complexity index is 718. The number of aromatic nitrogens is 1. The summed E-state index contributed by atoms with van der Waals surface area (Å²) in [6.45, 7) is 7.49. The molecule has 2 heterocycles. The highest BCUT2D eigenvalue weighted by Crippen LogP contribution is 2.24. The van der Waals surface area contributed by atoms with Gasteiger partial charge in [-0.05, 0) is 64.9 Å². The third kappa shape index (κ3) is 5.45. The Kier molecular flexibility index (Phi) is 6.92. The maximum atomic E-state index is 12.1. The fraction of sp³-hybridized carbons (Fsp3) is 0.524. The molecule has 0 atom stereocenters. The molecule has 0 amide bonds. The zero-order valence-corrected chi connectivity index (χ0v) is 16.6. The SMILES string of the molecule is Cc1ccc(-c2nc(CSCC(=O)CCCN3CCCC3)c(C)o2)cc1. The van der Waals surface area contributed by atoms with E-state index in [-0.39, 0.29) is 0 Å². The summed E-state index contributed by atoms with van der Waals surface area (Å²) in [5.41, 5.74) is 3.15. The first-order chi connectivity index (χ1) is 12.6. The summed E-state index contributed by atoms with van der Waals surface area (Å²) in [6.07, 6.45) is 4.30. The van der Waals surface area contributed by atoms with Gasteiger partial charge in [-0.2, -0.15) is 0 Å². The van der Waals surface area contributed by atoms with Gasteiger partial charge in [0.1, 0.15) is 11.5 Å². The van der Waals surface area contributed by atoms with Crippen LogP contribution in [0.4, 0.5) is 0 Å². The third-order valence-corrected chi connectivity index (χ3v) is 5.83. The number of thioether (sulfide) groups is 1. The Labute approximate surface area is 160 Å². The van der Waals surface area contributed by atoms with Gasteiger partial charge in [0.2, 0.25) is 5.89 Å². The normalized spacial score (nSPS) is 14.8. The van der Waals surface area contributed by atoms with Crippen molar-refractivity contribution in [2.24, 2.45) is 0 Å². The van der Waals surface area contributed by atoms with E-state index in [0.717, 1.165) is 35.7 Å². The number of carbonyl (C=O) groups is 1. The highest BCUT2D eigenvalue weighted by atomic mass is 32.2. The quantitative estimate of drug-likeness (QED) is 0.642. The minimum Gasteiger partial charge on any atom is -0.441 e. The molecule has 0 unspecified atom stereocenters. The van der Waals surface area contributed by atoms with Crippen LogP contribution in [0.2, 0.25) is 0 Å². The van der Waals surface area contributed by atoms with Crippen LogP contribution in [0.5, 0.6) is 0 Å². The Morgan fingerprint density at radius 2 is 1.92 bits per heavy atom. The van der Waals surface area contributed by atoms with Gasteiger partial charge in [-0.15, -0.1) is 11.8 Å². The molecule has 4 nitrogen and oxygen atoms in total. The maximum absolute atomic E-state index is 12.1. The zero-order chi connectivity index (χ0) is 18.4. The average Bonchev–Trinajstić information content (AvgIpc) is 3.26. The molecule has 1 fully saturated rings. The van der Waals surface area contributed by atoms with Crippen molar-refractivity contribution in [1.82, 2.24) is 9.88 Å². The van der Waals surface area contributed by atoms with Crippen LogP contribution >= 0.6 is 11.8 Å². The molecule has 1 aliphatic heterocycles. The molecule has 1 aromatic carbocycles. The van der Waals surface area contributed by atoms with Gasteiger partial charge < -0.3 is 9.32 Å². The first-order valence-electron chi connectivity index (χ1n) is 9.47. The number of likely N-dealkylation sites (tertiary alicyclic amines) is 1. The number of Topliss-reactive ketones (excluding diaryl/α,β-unsaturated/α-hetero) is 1. The molecule has 1 aromatic heterocycles. The van der Waals surface area contributed by atoms with E-state index in [1.165, 1.54) is 31.5 Å². The molecule has 0 saturated carbocycles. The van der Waals surface area contributed by atoms with Crippen molar-refractivity contribution in [3.8, 4) is 11.5 Å². The van der Waals surface area contributed by atoms with E-state index in [4.69, 9.17) is 4.42 Å². The van der Waals surface area contributed by atoms with Gasteiger partial charge in [0.25, 0.3) is 0 Å². The first-order valence-corrected chi connectivity index (χ1v) is 10.6. The highest BCUT2D eigenvalue weighted by molar-refractivity contribution is 7.99. The minimum absolute atomic E-state index is 0.342. The van der Waals surface area contributed by atoms with Crippen molar-refractivity contribution in [1.29, 1.82) is 0 Å². The largest absolute Gasteiger partial charge is 0.441 e. The van der Waals surface area contributed by atoms with Gasteiger partial charge in [-0.3, -0.25) is 4.79 Å². The average molecular weight is 373 g/mol. The lowest BCUT2D eigenvalue weighted by atomic mass is 10.1. The van der Waals surface area contributed by atoms with E-state index in [1.54, 1.807) is 11.8 Å². The molecule has 0 aliphatic carbocycles. The van der Waals surface area contributed by atoms with Crippen molar-refractivity contribution in [2.75, 3.05) is 25.4 Å². The van der Waals surface area contributed by atoms with Crippen molar-refractivity contribution in [3.63, 3.8) is 0 Å². The second kappa shape index (κ2) is 9.38.